The van der Waals surface area contributed by atoms with Gasteiger partial charge in [0.1, 0.15) is 0 Å². The second-order valence-corrected chi connectivity index (χ2v) is 4.86. The number of pyridine rings is 1. The summed E-state index contributed by atoms with van der Waals surface area (Å²) in [5.74, 6) is 0.385. The van der Waals surface area contributed by atoms with Crippen molar-refractivity contribution >= 4 is 0 Å². The van der Waals surface area contributed by atoms with E-state index in [2.05, 4.69) is 0 Å². The van der Waals surface area contributed by atoms with Gasteiger partial charge in [0.2, 0.25) is 0 Å². The van der Waals surface area contributed by atoms with Crippen molar-refractivity contribution in [2.45, 2.75) is 45.2 Å². The van der Waals surface area contributed by atoms with Crippen molar-refractivity contribution in [2.75, 3.05) is 0 Å². The summed E-state index contributed by atoms with van der Waals surface area (Å²) in [7, 11) is 0. The zero-order valence-electron chi connectivity index (χ0n) is 10.1. The Bertz CT molecular complexity index is 434. The van der Waals surface area contributed by atoms with E-state index in [1.54, 1.807) is 16.8 Å². The van der Waals surface area contributed by atoms with Gasteiger partial charge in [0, 0.05) is 24.8 Å². The molecule has 0 amide bonds. The number of nitrogens with zero attached hydrogens (tertiary/aromatic N) is 1. The molecule has 0 aliphatic heterocycles. The van der Waals surface area contributed by atoms with Crippen LogP contribution in [0.2, 0.25) is 0 Å². The predicted octanol–water partition coefficient (Wildman–Crippen LogP) is 1.59. The lowest BCUT2D eigenvalue weighted by atomic mass is 9.89. The highest BCUT2D eigenvalue weighted by Gasteiger charge is 2.15. The quantitative estimate of drug-likeness (QED) is 0.837. The molecule has 0 spiro atoms. The molecule has 0 bridgehead atoms. The maximum atomic E-state index is 11.9. The van der Waals surface area contributed by atoms with Gasteiger partial charge in [-0.2, -0.15) is 0 Å². The van der Waals surface area contributed by atoms with Crippen LogP contribution in [0.1, 0.15) is 37.7 Å². The third kappa shape index (κ3) is 2.69. The number of nitrogens with two attached hydrogens (primary N) is 1. The Morgan fingerprint density at radius 1 is 1.35 bits per heavy atom. The van der Waals surface area contributed by atoms with Crippen molar-refractivity contribution < 1.29 is 5.11 Å². The predicted molar refractivity (Wildman–Crippen MR) is 66.8 cm³/mol. The van der Waals surface area contributed by atoms with Crippen molar-refractivity contribution in [1.82, 2.24) is 4.57 Å². The molecule has 94 valence electrons. The van der Waals surface area contributed by atoms with Gasteiger partial charge in [0.25, 0.3) is 5.56 Å². The van der Waals surface area contributed by atoms with Gasteiger partial charge in [-0.15, -0.1) is 0 Å². The largest absolute Gasteiger partial charge is 0.503 e. The summed E-state index contributed by atoms with van der Waals surface area (Å²) in [5.41, 5.74) is 5.66. The zero-order valence-corrected chi connectivity index (χ0v) is 10.1. The Hall–Kier alpha value is -1.29. The molecule has 1 fully saturated rings. The third-order valence-electron chi connectivity index (χ3n) is 3.62. The molecule has 1 aromatic heterocycles. The van der Waals surface area contributed by atoms with E-state index in [0.717, 1.165) is 6.54 Å². The van der Waals surface area contributed by atoms with Crippen LogP contribution < -0.4 is 11.3 Å². The van der Waals surface area contributed by atoms with Crippen LogP contribution in [0.25, 0.3) is 0 Å². The lowest BCUT2D eigenvalue weighted by Crippen LogP contribution is -2.25. The van der Waals surface area contributed by atoms with E-state index in [-0.39, 0.29) is 17.9 Å². The molecule has 17 heavy (non-hydrogen) atoms. The van der Waals surface area contributed by atoms with Crippen LogP contribution in [0, 0.1) is 5.92 Å². The molecule has 0 atom stereocenters. The SMILES string of the molecule is NCc1ccn(CC2CCCCC2)c(=O)c1O. The topological polar surface area (TPSA) is 68.2 Å². The molecule has 1 aliphatic rings. The Kier molecular flexibility index (Phi) is 3.84. The molecule has 4 heteroatoms. The van der Waals surface area contributed by atoms with Crippen molar-refractivity contribution in [3.05, 3.63) is 28.2 Å². The van der Waals surface area contributed by atoms with E-state index in [9.17, 15) is 9.90 Å². The summed E-state index contributed by atoms with van der Waals surface area (Å²) < 4.78 is 1.62. The summed E-state index contributed by atoms with van der Waals surface area (Å²) in [6.07, 6.45) is 7.94. The van der Waals surface area contributed by atoms with Crippen LogP contribution in [-0.4, -0.2) is 9.67 Å². The Morgan fingerprint density at radius 2 is 2.06 bits per heavy atom. The van der Waals surface area contributed by atoms with Crippen LogP contribution in [0.3, 0.4) is 0 Å². The van der Waals surface area contributed by atoms with E-state index < -0.39 is 0 Å². The lowest BCUT2D eigenvalue weighted by molar-refractivity contribution is 0.313. The van der Waals surface area contributed by atoms with Crippen LogP contribution in [0.4, 0.5) is 0 Å². The molecule has 1 heterocycles. The first-order valence-electron chi connectivity index (χ1n) is 6.33. The first-order valence-corrected chi connectivity index (χ1v) is 6.33. The lowest BCUT2D eigenvalue weighted by Gasteiger charge is -2.22. The fourth-order valence-electron chi connectivity index (χ4n) is 2.56. The molecule has 0 radical (unpaired) electrons. The van der Waals surface area contributed by atoms with E-state index >= 15 is 0 Å². The smallest absolute Gasteiger partial charge is 0.292 e. The molecule has 1 saturated carbocycles. The van der Waals surface area contributed by atoms with Gasteiger partial charge >= 0.3 is 0 Å². The first kappa shape index (κ1) is 12.2. The fraction of sp³-hybridized carbons (Fsp3) is 0.615. The van der Waals surface area contributed by atoms with E-state index in [4.69, 9.17) is 5.73 Å². The van der Waals surface area contributed by atoms with E-state index in [0.29, 0.717) is 11.5 Å². The average molecular weight is 236 g/mol. The highest BCUT2D eigenvalue weighted by Crippen LogP contribution is 2.24. The number of hydrogen-bond donors (Lipinski definition) is 2. The fourth-order valence-corrected chi connectivity index (χ4v) is 2.56. The minimum absolute atomic E-state index is 0.189. The molecule has 0 saturated heterocycles. The standard InChI is InChI=1S/C13H20N2O2/c14-8-11-6-7-15(13(17)12(11)16)9-10-4-2-1-3-5-10/h6-7,10,16H,1-5,8-9,14H2. The maximum Gasteiger partial charge on any atom is 0.292 e. The Labute approximate surface area is 101 Å². The van der Waals surface area contributed by atoms with Crippen molar-refractivity contribution in [1.29, 1.82) is 0 Å². The first-order chi connectivity index (χ1) is 8.22. The number of rotatable bonds is 3. The summed E-state index contributed by atoms with van der Waals surface area (Å²) in [5, 5.41) is 9.69. The van der Waals surface area contributed by atoms with Crippen LogP contribution >= 0.6 is 0 Å². The number of hydrogen-bond acceptors (Lipinski definition) is 3. The minimum Gasteiger partial charge on any atom is -0.503 e. The van der Waals surface area contributed by atoms with Crippen LogP contribution in [0.15, 0.2) is 17.1 Å². The summed E-state index contributed by atoms with van der Waals surface area (Å²) in [6.45, 7) is 0.919. The molecule has 1 aromatic rings. The zero-order chi connectivity index (χ0) is 12.3. The third-order valence-corrected chi connectivity index (χ3v) is 3.62. The summed E-state index contributed by atoms with van der Waals surface area (Å²) in [4.78, 5) is 11.9. The van der Waals surface area contributed by atoms with Gasteiger partial charge in [0.15, 0.2) is 5.75 Å². The van der Waals surface area contributed by atoms with Gasteiger partial charge in [-0.25, -0.2) is 0 Å². The van der Waals surface area contributed by atoms with Gasteiger partial charge in [-0.3, -0.25) is 4.79 Å². The molecular formula is C13H20N2O2. The van der Waals surface area contributed by atoms with E-state index in [1.807, 2.05) is 0 Å². The molecule has 0 aromatic carbocycles. The highest BCUT2D eigenvalue weighted by molar-refractivity contribution is 5.28. The van der Waals surface area contributed by atoms with E-state index in [1.165, 1.54) is 32.1 Å². The van der Waals surface area contributed by atoms with Gasteiger partial charge in [-0.05, 0) is 24.8 Å². The molecular weight excluding hydrogens is 216 g/mol. The molecule has 3 N–H and O–H groups in total. The highest BCUT2D eigenvalue weighted by atomic mass is 16.3. The van der Waals surface area contributed by atoms with Gasteiger partial charge in [0.05, 0.1) is 0 Å². The normalized spacial score (nSPS) is 17.2. The summed E-state index contributed by atoms with van der Waals surface area (Å²) >= 11 is 0. The minimum atomic E-state index is -0.307. The number of aromatic hydroxyl groups is 1. The van der Waals surface area contributed by atoms with Crippen molar-refractivity contribution in [2.24, 2.45) is 11.7 Å². The average Bonchev–Trinajstić information content (AvgIpc) is 2.37. The summed E-state index contributed by atoms with van der Waals surface area (Å²) in [6, 6.07) is 1.74. The van der Waals surface area contributed by atoms with Crippen LogP contribution in [0.5, 0.6) is 5.75 Å². The van der Waals surface area contributed by atoms with Crippen molar-refractivity contribution in [3.63, 3.8) is 0 Å². The van der Waals surface area contributed by atoms with Gasteiger partial charge < -0.3 is 15.4 Å². The Morgan fingerprint density at radius 3 is 2.71 bits per heavy atom. The molecule has 4 nitrogen and oxygen atoms in total. The molecule has 0 unspecified atom stereocenters. The molecule has 1 aliphatic carbocycles. The molecule has 2 rings (SSSR count). The number of aromatic nitrogens is 1. The van der Waals surface area contributed by atoms with Crippen LogP contribution in [-0.2, 0) is 13.1 Å². The monoisotopic (exact) mass is 236 g/mol. The van der Waals surface area contributed by atoms with Crippen molar-refractivity contribution in [3.8, 4) is 5.75 Å². The second kappa shape index (κ2) is 5.36. The Balaban J connectivity index is 2.16. The second-order valence-electron chi connectivity index (χ2n) is 4.86. The van der Waals surface area contributed by atoms with Gasteiger partial charge in [-0.1, -0.05) is 19.3 Å². The maximum absolute atomic E-state index is 11.9.